The summed E-state index contributed by atoms with van der Waals surface area (Å²) in [7, 11) is 0. The molecule has 132 valence electrons. The van der Waals surface area contributed by atoms with Crippen LogP contribution in [0.5, 0.6) is 0 Å². The molecule has 10 heteroatoms. The molecule has 2 aromatic rings. The minimum absolute atomic E-state index is 0.170. The molecule has 0 aliphatic carbocycles. The number of hydrogen-bond donors (Lipinski definition) is 2. The summed E-state index contributed by atoms with van der Waals surface area (Å²) in [5.41, 5.74) is 3.13. The number of carbonyl (C=O) groups is 2. The molecule has 1 saturated heterocycles. The van der Waals surface area contributed by atoms with Crippen LogP contribution in [-0.4, -0.2) is 44.7 Å². The van der Waals surface area contributed by atoms with Crippen molar-refractivity contribution in [3.05, 3.63) is 44.9 Å². The first-order chi connectivity index (χ1) is 12.0. The lowest BCUT2D eigenvalue weighted by Crippen LogP contribution is -2.44. The summed E-state index contributed by atoms with van der Waals surface area (Å²) in [6.07, 6.45) is 2.83. The van der Waals surface area contributed by atoms with Crippen LogP contribution in [0.25, 0.3) is 0 Å². The van der Waals surface area contributed by atoms with E-state index in [1.807, 2.05) is 0 Å². The highest BCUT2D eigenvalue weighted by atomic mass is 35.5. The number of aromatic amines is 1. The Labute approximate surface area is 158 Å². The van der Waals surface area contributed by atoms with Crippen LogP contribution in [0, 0.1) is 10.7 Å². The van der Waals surface area contributed by atoms with Gasteiger partial charge >= 0.3 is 0 Å². The molecule has 0 unspecified atom stereocenters. The first-order valence-electron chi connectivity index (χ1n) is 7.63. The summed E-state index contributed by atoms with van der Waals surface area (Å²) < 4.78 is 1.64. The molecular formula is C15H15Cl2N5O2S. The molecule has 0 radical (unpaired) electrons. The number of H-pyrrole nitrogens is 1. The molecular weight excluding hydrogens is 385 g/mol. The largest absolute Gasteiger partial charge is 0.338 e. The Morgan fingerprint density at radius 1 is 1.32 bits per heavy atom. The van der Waals surface area contributed by atoms with Crippen LogP contribution in [0.1, 0.15) is 23.2 Å². The quantitative estimate of drug-likeness (QED) is 0.777. The third-order valence-corrected chi connectivity index (χ3v) is 5.06. The second-order valence-electron chi connectivity index (χ2n) is 5.73. The average molecular weight is 400 g/mol. The van der Waals surface area contributed by atoms with Gasteiger partial charge in [0.15, 0.2) is 0 Å². The van der Waals surface area contributed by atoms with Crippen LogP contribution in [0.2, 0.25) is 10.0 Å². The van der Waals surface area contributed by atoms with Gasteiger partial charge in [0.05, 0.1) is 16.0 Å². The van der Waals surface area contributed by atoms with E-state index in [4.69, 9.17) is 35.4 Å². The predicted molar refractivity (Wildman–Crippen MR) is 96.9 cm³/mol. The summed E-state index contributed by atoms with van der Waals surface area (Å²) in [5.74, 6) is -0.697. The van der Waals surface area contributed by atoms with Crippen molar-refractivity contribution >= 4 is 47.2 Å². The second-order valence-corrected chi connectivity index (χ2v) is 6.93. The number of amides is 2. The van der Waals surface area contributed by atoms with Crippen LogP contribution < -0.4 is 5.43 Å². The fourth-order valence-corrected chi connectivity index (χ4v) is 3.17. The van der Waals surface area contributed by atoms with Gasteiger partial charge in [-0.2, -0.15) is 5.10 Å². The molecule has 0 spiro atoms. The maximum atomic E-state index is 12.7. The van der Waals surface area contributed by atoms with Gasteiger partial charge in [0.25, 0.3) is 5.91 Å². The molecule has 0 bridgehead atoms. The summed E-state index contributed by atoms with van der Waals surface area (Å²) in [4.78, 5) is 26.7. The summed E-state index contributed by atoms with van der Waals surface area (Å²) in [6.45, 7) is 0.921. The standard InChI is InChI=1S/C15H15Cl2N5O2S/c16-11-4-3-9(6-12(11)17)14(24)21-5-1-2-10(7-21)13(23)20-22-8-18-19-15(22)25/h3-4,6,8,10H,1-2,5,7H2,(H,19,25)(H,20,23)/t10-/m0/s1. The van der Waals surface area contributed by atoms with Crippen molar-refractivity contribution in [2.45, 2.75) is 12.8 Å². The van der Waals surface area contributed by atoms with E-state index in [1.165, 1.54) is 11.0 Å². The van der Waals surface area contributed by atoms with Crippen LogP contribution >= 0.6 is 35.4 Å². The summed E-state index contributed by atoms with van der Waals surface area (Å²) in [5, 5.41) is 7.03. The number of halogens is 2. The zero-order chi connectivity index (χ0) is 18.0. The Bertz CT molecular complexity index is 866. The van der Waals surface area contributed by atoms with Gasteiger partial charge < -0.3 is 4.90 Å². The number of carbonyl (C=O) groups excluding carboxylic acids is 2. The van der Waals surface area contributed by atoms with Crippen LogP contribution in [0.4, 0.5) is 0 Å². The van der Waals surface area contributed by atoms with Gasteiger partial charge in [0.2, 0.25) is 10.7 Å². The molecule has 7 nitrogen and oxygen atoms in total. The maximum Gasteiger partial charge on any atom is 0.253 e. The van der Waals surface area contributed by atoms with Gasteiger partial charge in [0.1, 0.15) is 6.33 Å². The maximum absolute atomic E-state index is 12.7. The number of benzene rings is 1. The Morgan fingerprint density at radius 3 is 2.80 bits per heavy atom. The number of nitrogens with zero attached hydrogens (tertiary/aromatic N) is 3. The number of likely N-dealkylation sites (tertiary alicyclic amines) is 1. The lowest BCUT2D eigenvalue weighted by Gasteiger charge is -2.32. The van der Waals surface area contributed by atoms with Crippen molar-refractivity contribution in [1.29, 1.82) is 0 Å². The van der Waals surface area contributed by atoms with Crippen LogP contribution in [0.3, 0.4) is 0 Å². The Morgan fingerprint density at radius 2 is 2.12 bits per heavy atom. The zero-order valence-corrected chi connectivity index (χ0v) is 15.4. The highest BCUT2D eigenvalue weighted by Gasteiger charge is 2.29. The van der Waals surface area contributed by atoms with Crippen molar-refractivity contribution in [2.75, 3.05) is 18.5 Å². The minimum Gasteiger partial charge on any atom is -0.338 e. The van der Waals surface area contributed by atoms with Crippen LogP contribution in [-0.2, 0) is 4.79 Å². The molecule has 0 saturated carbocycles. The Hall–Kier alpha value is -1.90. The molecule has 2 heterocycles. The van der Waals surface area contributed by atoms with Gasteiger partial charge in [-0.25, -0.2) is 4.68 Å². The van der Waals surface area contributed by atoms with E-state index in [0.29, 0.717) is 39.9 Å². The third kappa shape index (κ3) is 4.02. The van der Waals surface area contributed by atoms with Crippen molar-refractivity contribution in [1.82, 2.24) is 19.8 Å². The average Bonchev–Trinajstić information content (AvgIpc) is 3.01. The zero-order valence-electron chi connectivity index (χ0n) is 13.0. The lowest BCUT2D eigenvalue weighted by molar-refractivity contribution is -0.122. The summed E-state index contributed by atoms with van der Waals surface area (Å²) in [6, 6.07) is 4.76. The molecule has 25 heavy (non-hydrogen) atoms. The first kappa shape index (κ1) is 17.9. The molecule has 3 rings (SSSR count). The molecule has 1 aliphatic rings. The van der Waals surface area contributed by atoms with Gasteiger partial charge in [-0.1, -0.05) is 23.2 Å². The lowest BCUT2D eigenvalue weighted by atomic mass is 9.96. The molecule has 1 aliphatic heterocycles. The summed E-state index contributed by atoms with van der Waals surface area (Å²) >= 11 is 16.9. The number of nitrogens with one attached hydrogen (secondary N) is 2. The SMILES string of the molecule is O=C(Nn1cn[nH]c1=S)[C@H]1CCCN(C(=O)c2ccc(Cl)c(Cl)c2)C1. The Kier molecular flexibility index (Phi) is 5.41. The molecule has 1 aromatic carbocycles. The molecule has 1 atom stereocenters. The van der Waals surface area contributed by atoms with E-state index in [-0.39, 0.29) is 17.7 Å². The van der Waals surface area contributed by atoms with Gasteiger partial charge in [-0.05, 0) is 43.3 Å². The monoisotopic (exact) mass is 399 g/mol. The fourth-order valence-electron chi connectivity index (χ4n) is 2.73. The van der Waals surface area contributed by atoms with E-state index in [1.54, 1.807) is 23.1 Å². The normalized spacial score (nSPS) is 17.4. The highest BCUT2D eigenvalue weighted by molar-refractivity contribution is 7.71. The van der Waals surface area contributed by atoms with Crippen molar-refractivity contribution in [3.63, 3.8) is 0 Å². The minimum atomic E-state index is -0.322. The second kappa shape index (κ2) is 7.55. The van der Waals surface area contributed by atoms with Crippen molar-refractivity contribution < 1.29 is 9.59 Å². The molecule has 2 amide bonds. The highest BCUT2D eigenvalue weighted by Crippen LogP contribution is 2.25. The van der Waals surface area contributed by atoms with E-state index in [2.05, 4.69) is 15.6 Å². The molecule has 1 aromatic heterocycles. The van der Waals surface area contributed by atoms with Crippen molar-refractivity contribution in [2.24, 2.45) is 5.92 Å². The number of aromatic nitrogens is 3. The predicted octanol–water partition coefficient (Wildman–Crippen LogP) is 2.87. The Balaban J connectivity index is 1.69. The molecule has 1 fully saturated rings. The van der Waals surface area contributed by atoms with Gasteiger partial charge in [-0.3, -0.25) is 20.1 Å². The van der Waals surface area contributed by atoms with Gasteiger partial charge in [-0.15, -0.1) is 0 Å². The topological polar surface area (TPSA) is 83.0 Å². The number of rotatable bonds is 3. The van der Waals surface area contributed by atoms with Crippen LogP contribution in [0.15, 0.2) is 24.5 Å². The smallest absolute Gasteiger partial charge is 0.253 e. The number of hydrogen-bond acceptors (Lipinski definition) is 4. The van der Waals surface area contributed by atoms with E-state index >= 15 is 0 Å². The fraction of sp³-hybridized carbons (Fsp3) is 0.333. The third-order valence-electron chi connectivity index (χ3n) is 4.03. The number of piperidine rings is 1. The first-order valence-corrected chi connectivity index (χ1v) is 8.79. The van der Waals surface area contributed by atoms with Crippen molar-refractivity contribution in [3.8, 4) is 0 Å². The van der Waals surface area contributed by atoms with Gasteiger partial charge in [0, 0.05) is 18.7 Å². The van der Waals surface area contributed by atoms with E-state index in [9.17, 15) is 9.59 Å². The van der Waals surface area contributed by atoms with E-state index < -0.39 is 0 Å². The van der Waals surface area contributed by atoms with E-state index in [0.717, 1.165) is 6.42 Å². The molecule has 2 N–H and O–H groups in total.